The number of carboxylic acids is 1. The number of carboxylic acid groups (broad SMARTS) is 1. The molecule has 204 valence electrons. The van der Waals surface area contributed by atoms with Crippen LogP contribution in [0.2, 0.25) is 5.02 Å². The van der Waals surface area contributed by atoms with Crippen LogP contribution >= 0.6 is 22.9 Å². The standard InChI is InChI=1S/C23H18ClN3O3S2.C2HF3O2/c1-15-6-12-18(13-7-15)32(29,30)27-20-5-3-2-4-19(20)22(28)26-23-25-21(14-31-23)16-8-10-17(24)11-9-16;3-2(4,5)1(6)7/h2-14,27H,1H3,(H,25,26,28);(H,6,7). The van der Waals surface area contributed by atoms with Gasteiger partial charge in [0.15, 0.2) is 5.13 Å². The summed E-state index contributed by atoms with van der Waals surface area (Å²) in [5.41, 5.74) is 2.89. The maximum Gasteiger partial charge on any atom is 0.490 e. The zero-order chi connectivity index (χ0) is 28.8. The number of nitrogens with one attached hydrogen (secondary N) is 2. The number of amides is 1. The van der Waals surface area contributed by atoms with Gasteiger partial charge in [0.1, 0.15) is 0 Å². The highest BCUT2D eigenvalue weighted by Crippen LogP contribution is 2.27. The molecule has 14 heteroatoms. The van der Waals surface area contributed by atoms with Gasteiger partial charge in [0.2, 0.25) is 0 Å². The maximum absolute atomic E-state index is 12.9. The fourth-order valence-electron chi connectivity index (χ4n) is 2.94. The number of nitrogens with zero attached hydrogens (tertiary/aromatic N) is 1. The Labute approximate surface area is 230 Å². The maximum atomic E-state index is 12.9. The van der Waals surface area contributed by atoms with Gasteiger partial charge in [-0.15, -0.1) is 11.3 Å². The molecule has 0 atom stereocenters. The van der Waals surface area contributed by atoms with E-state index in [0.717, 1.165) is 11.1 Å². The number of hydrogen-bond donors (Lipinski definition) is 3. The zero-order valence-electron chi connectivity index (χ0n) is 19.9. The van der Waals surface area contributed by atoms with E-state index in [1.807, 2.05) is 24.4 Å². The second kappa shape index (κ2) is 12.3. The molecule has 0 saturated carbocycles. The van der Waals surface area contributed by atoms with Crippen molar-refractivity contribution in [1.82, 2.24) is 4.98 Å². The summed E-state index contributed by atoms with van der Waals surface area (Å²) in [6.45, 7) is 1.88. The van der Waals surface area contributed by atoms with Crippen LogP contribution in [0, 0.1) is 6.92 Å². The average Bonchev–Trinajstić information content (AvgIpc) is 3.33. The van der Waals surface area contributed by atoms with E-state index in [0.29, 0.717) is 15.8 Å². The lowest BCUT2D eigenvalue weighted by Gasteiger charge is -2.12. The zero-order valence-corrected chi connectivity index (χ0v) is 22.3. The minimum absolute atomic E-state index is 0.117. The first kappa shape index (κ1) is 29.6. The van der Waals surface area contributed by atoms with Gasteiger partial charge in [0.25, 0.3) is 15.9 Å². The van der Waals surface area contributed by atoms with Crippen molar-refractivity contribution >= 4 is 55.7 Å². The molecule has 0 aliphatic rings. The molecule has 3 N–H and O–H groups in total. The first-order valence-electron chi connectivity index (χ1n) is 10.8. The van der Waals surface area contributed by atoms with E-state index in [9.17, 15) is 26.4 Å². The second-order valence-electron chi connectivity index (χ2n) is 7.77. The molecule has 0 aliphatic carbocycles. The van der Waals surface area contributed by atoms with Crippen molar-refractivity contribution in [1.29, 1.82) is 0 Å². The van der Waals surface area contributed by atoms with E-state index in [-0.39, 0.29) is 16.1 Å². The van der Waals surface area contributed by atoms with Crippen LogP contribution < -0.4 is 10.0 Å². The summed E-state index contributed by atoms with van der Waals surface area (Å²) in [4.78, 5) is 26.3. The highest BCUT2D eigenvalue weighted by Gasteiger charge is 2.38. The van der Waals surface area contributed by atoms with Crippen LogP contribution in [0.25, 0.3) is 11.3 Å². The van der Waals surface area contributed by atoms with Crippen molar-refractivity contribution in [2.24, 2.45) is 0 Å². The van der Waals surface area contributed by atoms with Crippen LogP contribution in [0.15, 0.2) is 83.1 Å². The number of halogens is 4. The van der Waals surface area contributed by atoms with E-state index < -0.39 is 28.1 Å². The number of aliphatic carboxylic acids is 1. The van der Waals surface area contributed by atoms with Crippen LogP contribution in [0.3, 0.4) is 0 Å². The third kappa shape index (κ3) is 8.27. The molecule has 4 rings (SSSR count). The minimum atomic E-state index is -5.08. The van der Waals surface area contributed by atoms with Crippen molar-refractivity contribution in [3.63, 3.8) is 0 Å². The fraction of sp³-hybridized carbons (Fsp3) is 0.0800. The normalized spacial score (nSPS) is 11.2. The molecule has 0 radical (unpaired) electrons. The van der Waals surface area contributed by atoms with Gasteiger partial charge >= 0.3 is 12.1 Å². The van der Waals surface area contributed by atoms with Crippen molar-refractivity contribution in [2.45, 2.75) is 18.0 Å². The Morgan fingerprint density at radius 1 is 0.974 bits per heavy atom. The third-order valence-electron chi connectivity index (χ3n) is 4.85. The average molecular weight is 598 g/mol. The van der Waals surface area contributed by atoms with Crippen LogP contribution in [0.4, 0.5) is 24.0 Å². The van der Waals surface area contributed by atoms with Crippen LogP contribution in [0.5, 0.6) is 0 Å². The Hall–Kier alpha value is -3.94. The predicted molar refractivity (Wildman–Crippen MR) is 143 cm³/mol. The number of aryl methyl sites for hydroxylation is 1. The van der Waals surface area contributed by atoms with Gasteiger partial charge < -0.3 is 5.11 Å². The number of thiazole rings is 1. The Balaban J connectivity index is 0.000000532. The molecule has 0 spiro atoms. The van der Waals surface area contributed by atoms with Gasteiger partial charge in [-0.3, -0.25) is 14.8 Å². The largest absolute Gasteiger partial charge is 0.490 e. The molecule has 0 bridgehead atoms. The molecule has 0 saturated heterocycles. The number of aromatic nitrogens is 1. The molecular formula is C25H19ClF3N3O5S2. The van der Waals surface area contributed by atoms with Gasteiger partial charge in [-0.05, 0) is 43.3 Å². The first-order valence-corrected chi connectivity index (χ1v) is 13.5. The van der Waals surface area contributed by atoms with E-state index in [4.69, 9.17) is 21.5 Å². The molecule has 0 fully saturated rings. The second-order valence-corrected chi connectivity index (χ2v) is 10.7. The van der Waals surface area contributed by atoms with Gasteiger partial charge in [-0.1, -0.05) is 53.6 Å². The molecule has 8 nitrogen and oxygen atoms in total. The Kier molecular flexibility index (Phi) is 9.32. The lowest BCUT2D eigenvalue weighted by molar-refractivity contribution is -0.192. The smallest absolute Gasteiger partial charge is 0.475 e. The lowest BCUT2D eigenvalue weighted by Crippen LogP contribution is -2.21. The Morgan fingerprint density at radius 2 is 1.56 bits per heavy atom. The van der Waals surface area contributed by atoms with E-state index >= 15 is 0 Å². The molecule has 1 aromatic heterocycles. The molecule has 0 aliphatic heterocycles. The number of rotatable bonds is 6. The predicted octanol–water partition coefficient (Wildman–Crippen LogP) is 6.46. The van der Waals surface area contributed by atoms with E-state index in [1.165, 1.54) is 23.5 Å². The van der Waals surface area contributed by atoms with E-state index in [1.54, 1.807) is 48.5 Å². The number of carbonyl (C=O) groups excluding carboxylic acids is 1. The number of benzene rings is 3. The van der Waals surface area contributed by atoms with Crippen molar-refractivity contribution < 1.29 is 36.3 Å². The van der Waals surface area contributed by atoms with Crippen LogP contribution in [-0.2, 0) is 14.8 Å². The van der Waals surface area contributed by atoms with Gasteiger partial charge in [0, 0.05) is 16.0 Å². The monoisotopic (exact) mass is 597 g/mol. The van der Waals surface area contributed by atoms with Gasteiger partial charge in [0.05, 0.1) is 21.8 Å². The third-order valence-corrected chi connectivity index (χ3v) is 7.25. The topological polar surface area (TPSA) is 125 Å². The summed E-state index contributed by atoms with van der Waals surface area (Å²) in [6, 6.07) is 20.1. The lowest BCUT2D eigenvalue weighted by atomic mass is 10.2. The molecule has 1 amide bonds. The quantitative estimate of drug-likeness (QED) is 0.234. The molecule has 0 unspecified atom stereocenters. The number of para-hydroxylation sites is 1. The number of carbonyl (C=O) groups is 2. The summed E-state index contributed by atoms with van der Waals surface area (Å²) in [6.07, 6.45) is -5.08. The molecule has 4 aromatic rings. The van der Waals surface area contributed by atoms with E-state index in [2.05, 4.69) is 15.0 Å². The van der Waals surface area contributed by atoms with Gasteiger partial charge in [-0.2, -0.15) is 13.2 Å². The summed E-state index contributed by atoms with van der Waals surface area (Å²) in [5, 5.41) is 12.7. The highest BCUT2D eigenvalue weighted by molar-refractivity contribution is 7.92. The summed E-state index contributed by atoms with van der Waals surface area (Å²) in [7, 11) is -3.85. The number of sulfonamides is 1. The summed E-state index contributed by atoms with van der Waals surface area (Å²) in [5.74, 6) is -3.23. The minimum Gasteiger partial charge on any atom is -0.475 e. The Bertz CT molecular complexity index is 1570. The summed E-state index contributed by atoms with van der Waals surface area (Å²) < 4.78 is 59.8. The number of alkyl halides is 3. The molecular weight excluding hydrogens is 579 g/mol. The number of hydrogen-bond acceptors (Lipinski definition) is 6. The van der Waals surface area contributed by atoms with Crippen LogP contribution in [-0.4, -0.2) is 36.6 Å². The van der Waals surface area contributed by atoms with Crippen molar-refractivity contribution in [3.8, 4) is 11.3 Å². The first-order chi connectivity index (χ1) is 18.3. The van der Waals surface area contributed by atoms with Crippen molar-refractivity contribution in [3.05, 3.63) is 94.3 Å². The molecule has 39 heavy (non-hydrogen) atoms. The Morgan fingerprint density at radius 3 is 2.15 bits per heavy atom. The SMILES string of the molecule is Cc1ccc(S(=O)(=O)Nc2ccccc2C(=O)Nc2nc(-c3ccc(Cl)cc3)cs2)cc1.O=C(O)C(F)(F)F. The summed E-state index contributed by atoms with van der Waals surface area (Å²) >= 11 is 7.20. The van der Waals surface area contributed by atoms with Crippen molar-refractivity contribution in [2.75, 3.05) is 10.0 Å². The molecule has 3 aromatic carbocycles. The number of anilines is 2. The fourth-order valence-corrected chi connectivity index (χ4v) is 4.86. The molecule has 1 heterocycles. The van der Waals surface area contributed by atoms with Crippen LogP contribution in [0.1, 0.15) is 15.9 Å². The van der Waals surface area contributed by atoms with Gasteiger partial charge in [-0.25, -0.2) is 18.2 Å². The highest BCUT2D eigenvalue weighted by atomic mass is 35.5.